The molecule has 126 valence electrons. The Bertz CT molecular complexity index is 888. The average Bonchev–Trinajstić information content (AvgIpc) is 2.95. The first kappa shape index (κ1) is 16.8. The van der Waals surface area contributed by atoms with Crippen LogP contribution in [-0.4, -0.2) is 32.4 Å². The molecule has 0 radical (unpaired) electrons. The molecular formula is C18H21N3O2S. The van der Waals surface area contributed by atoms with Crippen molar-refractivity contribution in [3.63, 3.8) is 0 Å². The van der Waals surface area contributed by atoms with Gasteiger partial charge in [-0.3, -0.25) is 9.20 Å². The van der Waals surface area contributed by atoms with Gasteiger partial charge in [0.15, 0.2) is 10.8 Å². The predicted molar refractivity (Wildman–Crippen MR) is 96.3 cm³/mol. The van der Waals surface area contributed by atoms with Crippen molar-refractivity contribution in [2.24, 2.45) is 5.92 Å². The molecule has 1 aromatic carbocycles. The van der Waals surface area contributed by atoms with Gasteiger partial charge in [0.25, 0.3) is 0 Å². The number of ether oxygens (including phenoxy) is 1. The number of aromatic nitrogens is 3. The van der Waals surface area contributed by atoms with Crippen LogP contribution >= 0.6 is 11.8 Å². The maximum Gasteiger partial charge on any atom is 0.319 e. The van der Waals surface area contributed by atoms with Gasteiger partial charge < -0.3 is 4.74 Å². The summed E-state index contributed by atoms with van der Waals surface area (Å²) in [5.74, 6) is 0.105. The minimum atomic E-state index is -0.337. The van der Waals surface area contributed by atoms with Crippen LogP contribution in [0.15, 0.2) is 35.5 Å². The Balaban J connectivity index is 1.93. The zero-order valence-corrected chi connectivity index (χ0v) is 15.1. The van der Waals surface area contributed by atoms with Crippen molar-refractivity contribution >= 4 is 34.3 Å². The monoisotopic (exact) mass is 343 g/mol. The Kier molecular flexibility index (Phi) is 4.76. The van der Waals surface area contributed by atoms with E-state index < -0.39 is 0 Å². The molecule has 1 atom stereocenters. The number of benzene rings is 1. The first-order chi connectivity index (χ1) is 11.5. The molecule has 0 fully saturated rings. The van der Waals surface area contributed by atoms with Gasteiger partial charge in [-0.25, -0.2) is 0 Å². The zero-order chi connectivity index (χ0) is 17.3. The standard InChI is InChI=1S/C18H21N3O2S/c1-11(2)10-23-17(22)13(4)24-18-20-19-16-9-12(3)14-7-5-6-8-15(14)21(16)18/h5-9,11,13H,10H2,1-4H3. The predicted octanol–water partition coefficient (Wildman–Crippen LogP) is 3.87. The van der Waals surface area contributed by atoms with Gasteiger partial charge in [-0.1, -0.05) is 43.8 Å². The second-order valence-electron chi connectivity index (χ2n) is 6.30. The minimum Gasteiger partial charge on any atom is -0.465 e. The largest absolute Gasteiger partial charge is 0.465 e. The molecule has 3 aromatic rings. The maximum absolute atomic E-state index is 12.1. The molecule has 0 amide bonds. The van der Waals surface area contributed by atoms with E-state index in [0.717, 1.165) is 22.1 Å². The number of carbonyl (C=O) groups excluding carboxylic acids is 1. The van der Waals surface area contributed by atoms with Crippen LogP contribution < -0.4 is 0 Å². The van der Waals surface area contributed by atoms with Gasteiger partial charge in [-0.15, -0.1) is 10.2 Å². The van der Waals surface area contributed by atoms with E-state index in [2.05, 4.69) is 23.2 Å². The molecule has 24 heavy (non-hydrogen) atoms. The Morgan fingerprint density at radius 1 is 1.25 bits per heavy atom. The van der Waals surface area contributed by atoms with Crippen molar-refractivity contribution in [3.05, 3.63) is 35.9 Å². The van der Waals surface area contributed by atoms with Crippen LogP contribution in [-0.2, 0) is 9.53 Å². The fourth-order valence-electron chi connectivity index (χ4n) is 2.52. The van der Waals surface area contributed by atoms with E-state index in [1.54, 1.807) is 0 Å². The third-order valence-corrected chi connectivity index (χ3v) is 4.77. The molecule has 2 aromatic heterocycles. The van der Waals surface area contributed by atoms with Gasteiger partial charge in [-0.05, 0) is 37.5 Å². The van der Waals surface area contributed by atoms with Crippen LogP contribution in [0, 0.1) is 12.8 Å². The van der Waals surface area contributed by atoms with E-state index in [4.69, 9.17) is 4.74 Å². The van der Waals surface area contributed by atoms with Crippen molar-refractivity contribution in [1.29, 1.82) is 0 Å². The summed E-state index contributed by atoms with van der Waals surface area (Å²) >= 11 is 1.38. The number of para-hydroxylation sites is 1. The molecule has 0 saturated carbocycles. The van der Waals surface area contributed by atoms with Crippen molar-refractivity contribution in [3.8, 4) is 0 Å². The second-order valence-corrected chi connectivity index (χ2v) is 7.61. The van der Waals surface area contributed by atoms with Crippen molar-refractivity contribution < 1.29 is 9.53 Å². The molecule has 0 saturated heterocycles. The quantitative estimate of drug-likeness (QED) is 0.520. The summed E-state index contributed by atoms with van der Waals surface area (Å²) in [6.45, 7) is 8.38. The number of pyridine rings is 1. The Labute approximate surface area is 145 Å². The summed E-state index contributed by atoms with van der Waals surface area (Å²) in [5, 5.41) is 10.0. The maximum atomic E-state index is 12.1. The molecule has 0 aliphatic rings. The smallest absolute Gasteiger partial charge is 0.319 e. The lowest BCUT2D eigenvalue weighted by molar-refractivity contribution is -0.143. The van der Waals surface area contributed by atoms with Crippen LogP contribution in [0.3, 0.4) is 0 Å². The molecule has 5 nitrogen and oxygen atoms in total. The Morgan fingerprint density at radius 2 is 2.00 bits per heavy atom. The van der Waals surface area contributed by atoms with E-state index in [9.17, 15) is 4.79 Å². The highest BCUT2D eigenvalue weighted by molar-refractivity contribution is 8.00. The summed E-state index contributed by atoms with van der Waals surface area (Å²) < 4.78 is 7.31. The number of hydrogen-bond donors (Lipinski definition) is 0. The fraction of sp³-hybridized carbons (Fsp3) is 0.389. The van der Waals surface area contributed by atoms with Gasteiger partial charge in [0.1, 0.15) is 5.25 Å². The van der Waals surface area contributed by atoms with Crippen LogP contribution in [0.2, 0.25) is 0 Å². The SMILES string of the molecule is Cc1cc2nnc(SC(C)C(=O)OCC(C)C)n2c2ccccc12. The van der Waals surface area contributed by atoms with E-state index in [1.165, 1.54) is 11.8 Å². The molecule has 6 heteroatoms. The number of thioether (sulfide) groups is 1. The molecule has 2 heterocycles. The molecule has 0 aliphatic carbocycles. The summed E-state index contributed by atoms with van der Waals surface area (Å²) in [6.07, 6.45) is 0. The summed E-state index contributed by atoms with van der Waals surface area (Å²) in [7, 11) is 0. The van der Waals surface area contributed by atoms with Crippen LogP contribution in [0.5, 0.6) is 0 Å². The minimum absolute atomic E-state index is 0.220. The lowest BCUT2D eigenvalue weighted by Crippen LogP contribution is -2.19. The average molecular weight is 343 g/mol. The van der Waals surface area contributed by atoms with Crippen LogP contribution in [0.25, 0.3) is 16.6 Å². The molecule has 0 spiro atoms. The van der Waals surface area contributed by atoms with Crippen molar-refractivity contribution in [2.75, 3.05) is 6.61 Å². The first-order valence-corrected chi connectivity index (χ1v) is 8.92. The number of hydrogen-bond acceptors (Lipinski definition) is 5. The Hall–Kier alpha value is -2.08. The topological polar surface area (TPSA) is 56.5 Å². The molecule has 1 unspecified atom stereocenters. The molecule has 3 rings (SSSR count). The fourth-order valence-corrected chi connectivity index (χ4v) is 3.39. The van der Waals surface area contributed by atoms with E-state index in [0.29, 0.717) is 17.7 Å². The van der Waals surface area contributed by atoms with Crippen molar-refractivity contribution in [1.82, 2.24) is 14.6 Å². The van der Waals surface area contributed by atoms with Gasteiger partial charge in [0, 0.05) is 5.39 Å². The van der Waals surface area contributed by atoms with E-state index in [1.807, 2.05) is 49.4 Å². The highest BCUT2D eigenvalue weighted by atomic mass is 32.2. The van der Waals surface area contributed by atoms with E-state index >= 15 is 0 Å². The van der Waals surface area contributed by atoms with E-state index in [-0.39, 0.29) is 11.2 Å². The third kappa shape index (κ3) is 3.24. The molecule has 0 N–H and O–H groups in total. The Morgan fingerprint density at radius 3 is 2.75 bits per heavy atom. The second kappa shape index (κ2) is 6.81. The number of carbonyl (C=O) groups is 1. The van der Waals surface area contributed by atoms with Crippen LogP contribution in [0.1, 0.15) is 26.3 Å². The van der Waals surface area contributed by atoms with Gasteiger partial charge in [0.2, 0.25) is 0 Å². The lowest BCUT2D eigenvalue weighted by atomic mass is 10.1. The first-order valence-electron chi connectivity index (χ1n) is 8.04. The summed E-state index contributed by atoms with van der Waals surface area (Å²) in [6, 6.07) is 10.2. The van der Waals surface area contributed by atoms with Crippen LogP contribution in [0.4, 0.5) is 0 Å². The van der Waals surface area contributed by atoms with Crippen molar-refractivity contribution in [2.45, 2.75) is 38.1 Å². The molecule has 0 bridgehead atoms. The number of rotatable bonds is 5. The number of esters is 1. The highest BCUT2D eigenvalue weighted by Gasteiger charge is 2.20. The van der Waals surface area contributed by atoms with Gasteiger partial charge in [0.05, 0.1) is 12.1 Å². The van der Waals surface area contributed by atoms with Gasteiger partial charge >= 0.3 is 5.97 Å². The number of aryl methyl sites for hydroxylation is 1. The molecule has 0 aliphatic heterocycles. The number of fused-ring (bicyclic) bond motifs is 3. The lowest BCUT2D eigenvalue weighted by Gasteiger charge is -2.12. The number of nitrogens with zero attached hydrogens (tertiary/aromatic N) is 3. The summed E-state index contributed by atoms with van der Waals surface area (Å²) in [4.78, 5) is 12.1. The normalized spacial score (nSPS) is 12.9. The highest BCUT2D eigenvalue weighted by Crippen LogP contribution is 2.28. The summed E-state index contributed by atoms with van der Waals surface area (Å²) in [5.41, 5.74) is 2.99. The zero-order valence-electron chi connectivity index (χ0n) is 14.3. The molecular weight excluding hydrogens is 322 g/mol. The third-order valence-electron chi connectivity index (χ3n) is 3.75. The van der Waals surface area contributed by atoms with Gasteiger partial charge in [-0.2, -0.15) is 0 Å².